The summed E-state index contributed by atoms with van der Waals surface area (Å²) in [5.41, 5.74) is -7.69. The van der Waals surface area contributed by atoms with Crippen LogP contribution in [0.5, 0.6) is 0 Å². The maximum absolute atomic E-state index is 12.1. The van der Waals surface area contributed by atoms with Crippen molar-refractivity contribution in [3.05, 3.63) is 168 Å². The summed E-state index contributed by atoms with van der Waals surface area (Å²) >= 11 is 0. The molecule has 43 heteroatoms. The van der Waals surface area contributed by atoms with Crippen LogP contribution < -0.4 is 30.6 Å². The predicted octanol–water partition coefficient (Wildman–Crippen LogP) is 5.98. The first kappa shape index (κ1) is 100. The van der Waals surface area contributed by atoms with Gasteiger partial charge in [-0.1, -0.05) is 0 Å². The second-order valence-corrected chi connectivity index (χ2v) is 30.6. The number of nitrogens with zero attached hydrogens (tertiary/aromatic N) is 28. The molecule has 610 valence electrons. The number of hydrogen-bond acceptors (Lipinski definition) is 22. The fourth-order valence-corrected chi connectivity index (χ4v) is 10.0. The Morgan fingerprint density at radius 2 is 0.423 bits per heavy atom. The van der Waals surface area contributed by atoms with Crippen molar-refractivity contribution in [1.82, 2.24) is 61.2 Å². The van der Waals surface area contributed by atoms with Crippen molar-refractivity contribution < 1.29 is 106 Å². The number of nitroso groups, excluding NO2 is 6. The maximum Gasteiger partial charge on any atom is 0.521 e. The minimum Gasteiger partial charge on any atom is -0.618 e. The number of hydroxylamine groups is 6. The Labute approximate surface area is 673 Å². The molecule has 6 aliphatic rings. The van der Waals surface area contributed by atoms with E-state index in [1.165, 1.54) is 64.9 Å². The molecule has 0 aliphatic carbocycles. The Kier molecular flexibility index (Phi) is 33.2. The van der Waals surface area contributed by atoms with Crippen LogP contribution in [0.4, 0.5) is 0 Å². The molecule has 12 heterocycles. The minimum atomic E-state index is -0.803. The Morgan fingerprint density at radius 1 is 0.279 bits per heavy atom. The first-order chi connectivity index (χ1) is 49.4. The summed E-state index contributed by atoms with van der Waals surface area (Å²) in [4.78, 5) is 72.7. The molecule has 0 atom stereocenters. The second kappa shape index (κ2) is 36.8. The molecule has 0 saturated carbocycles. The topological polar surface area (TPSA) is 534 Å². The zero-order valence-corrected chi connectivity index (χ0v) is 70.3. The van der Waals surface area contributed by atoms with E-state index in [2.05, 4.69) is 61.2 Å². The monoisotopic (exact) mass is 1670 g/mol. The molecule has 0 amide bonds. The Morgan fingerprint density at radius 3 is 0.523 bits per heavy atom. The Balaban J connectivity index is 0.00000126. The zero-order chi connectivity index (χ0) is 83.7. The second-order valence-electron chi connectivity index (χ2n) is 30.6. The summed E-state index contributed by atoms with van der Waals surface area (Å²) in [6.45, 7) is 47.6. The largest absolute Gasteiger partial charge is 0.618 e. The van der Waals surface area contributed by atoms with Crippen LogP contribution in [0.3, 0.4) is 0 Å². The number of nitriles is 4. The third-order valence-corrected chi connectivity index (χ3v) is 21.5. The average molecular weight is 1670 g/mol. The van der Waals surface area contributed by atoms with Gasteiger partial charge in [0, 0.05) is 320 Å². The first-order valence-electron chi connectivity index (χ1n) is 33.3. The number of hydrogen-bond donors (Lipinski definition) is 0. The number of rotatable bonds is 6. The van der Waals surface area contributed by atoms with Gasteiger partial charge in [-0.05, 0) is 36.4 Å². The van der Waals surface area contributed by atoms with Crippen molar-refractivity contribution in [2.75, 3.05) is 0 Å². The van der Waals surface area contributed by atoms with Gasteiger partial charge in [-0.25, -0.2) is 0 Å². The van der Waals surface area contributed by atoms with Crippen LogP contribution >= 0.6 is 0 Å². The van der Waals surface area contributed by atoms with Gasteiger partial charge < -0.3 is 92.4 Å². The zero-order valence-electron chi connectivity index (χ0n) is 67.3. The van der Waals surface area contributed by atoms with E-state index in [0.717, 1.165) is 57.0 Å². The van der Waals surface area contributed by atoms with Crippen LogP contribution in [-0.4, -0.2) is 189 Å². The summed E-state index contributed by atoms with van der Waals surface area (Å²) in [5.74, 6) is 0.208. The predicted molar refractivity (Wildman–Crippen MR) is 388 cm³/mol. The van der Waals surface area contributed by atoms with Crippen molar-refractivity contribution in [3.8, 4) is 24.3 Å². The molecule has 0 radical (unpaired) electrons. The van der Waals surface area contributed by atoms with Gasteiger partial charge in [-0.15, -0.1) is 28.4 Å². The van der Waals surface area contributed by atoms with Crippen LogP contribution in [0.25, 0.3) is 0 Å². The normalized spacial score (nSPS) is 20.1. The van der Waals surface area contributed by atoms with Gasteiger partial charge in [0.15, 0.2) is 11.4 Å². The maximum atomic E-state index is 12.1. The van der Waals surface area contributed by atoms with Gasteiger partial charge in [0.2, 0.25) is 33.2 Å². The molecule has 0 bridgehead atoms. The fourth-order valence-electron chi connectivity index (χ4n) is 10.0. The molecule has 0 N–H and O–H groups in total. The molecule has 0 unspecified atom stereocenters. The molecular formula is C68H96N28Ni3O12. The van der Waals surface area contributed by atoms with Crippen LogP contribution in [0.15, 0.2) is 73.6 Å². The summed E-state index contributed by atoms with van der Waals surface area (Å²) in [5, 5.41) is 146. The third kappa shape index (κ3) is 17.8. The fraction of sp³-hybridized carbons (Fsp3) is 0.588. The van der Waals surface area contributed by atoms with Gasteiger partial charge in [-0.2, -0.15) is 33.4 Å². The van der Waals surface area contributed by atoms with E-state index in [1.807, 2.05) is 0 Å². The van der Waals surface area contributed by atoms with E-state index < -0.39 is 66.5 Å². The smallest absolute Gasteiger partial charge is 0.521 e. The molecule has 12 rings (SSSR count). The van der Waals surface area contributed by atoms with E-state index in [1.54, 1.807) is 227 Å². The van der Waals surface area contributed by atoms with E-state index >= 15 is 0 Å². The van der Waals surface area contributed by atoms with Crippen LogP contribution in [0.2, 0.25) is 0 Å². The molecule has 6 aliphatic heterocycles. The molecule has 0 saturated heterocycles. The van der Waals surface area contributed by atoms with Crippen molar-refractivity contribution in [2.24, 2.45) is 0 Å². The van der Waals surface area contributed by atoms with Crippen molar-refractivity contribution >= 4 is 35.0 Å². The summed E-state index contributed by atoms with van der Waals surface area (Å²) in [7, 11) is 0. The molecule has 6 aromatic rings. The molecule has 40 nitrogen and oxygen atoms in total. The molecule has 111 heavy (non-hydrogen) atoms. The molecule has 0 aromatic carbocycles. The van der Waals surface area contributed by atoms with Gasteiger partial charge >= 0.3 is 35.0 Å². The molecule has 6 aromatic heterocycles. The van der Waals surface area contributed by atoms with Gasteiger partial charge in [0.05, 0.1) is 24.3 Å². The van der Waals surface area contributed by atoms with Crippen molar-refractivity contribution in [1.29, 1.82) is 21.0 Å². The van der Waals surface area contributed by atoms with E-state index in [0.29, 0.717) is 34.2 Å². The van der Waals surface area contributed by atoms with Gasteiger partial charge in [0.25, 0.3) is 33.2 Å². The Bertz CT molecular complexity index is 3930. The van der Waals surface area contributed by atoms with Crippen LogP contribution in [0.1, 0.15) is 228 Å². The quantitative estimate of drug-likeness (QED) is 0.105. The molecular weight excluding hydrogens is 1580 g/mol. The van der Waals surface area contributed by atoms with E-state index in [-0.39, 0.29) is 84.5 Å². The van der Waals surface area contributed by atoms with Gasteiger partial charge in [-0.3, -0.25) is 0 Å². The Hall–Kier alpha value is -10.9. The van der Waals surface area contributed by atoms with E-state index in [4.69, 9.17) is 21.0 Å². The summed E-state index contributed by atoms with van der Waals surface area (Å²) in [6, 6.07) is 16.3. The number of amidine groups is 6. The molecule has 0 fully saturated rings. The van der Waals surface area contributed by atoms with Crippen LogP contribution in [0, 0.1) is 106 Å². The van der Waals surface area contributed by atoms with Crippen LogP contribution in [-0.2, 0) is 49.5 Å². The SMILES string of the molecule is CC#N.CC#N.CC#N.CC#N.CC1(C)[N+](=O)C(c2cc[n-]n2)=[N+]([O-])C1(C)C.CC1(C)[N+](=O)C(c2cc[n-]n2)=[N+]([O-])C1(C)C.CC1(C)[N+](=O)C(c2ccn[n-]2)=[N+]([O-])C1(C)C.CC1(C)[N+](=O)C(c2ccn[n-]2)=[N+]([O-])C1(C)C.CC1(C)[N+](=O)C(c2ccn[n-]2)=[N+]([O-])C1(C)C.CC1(C)[N+](=O)C(c2ccn[n-]2)=[N+]([O-])C1(C)C.[Ni].[Ni].[Ni]. The average Bonchev–Trinajstić information content (AvgIpc) is 1.63. The first-order valence-corrected chi connectivity index (χ1v) is 33.3. The van der Waals surface area contributed by atoms with Crippen molar-refractivity contribution in [3.63, 3.8) is 0 Å². The summed E-state index contributed by atoms with van der Waals surface area (Å²) < 4.78 is 8.71. The third-order valence-electron chi connectivity index (χ3n) is 21.5. The standard InChI is InChI=1S/6C10H14N4O2.4C2H3N.3Ni/c6*1-9(2)10(3,4)14(16)8(13(9)15)7-5-6-11-12-7;4*1-2-3;;;/h6*5-6H,1-4H3;4*1H3;;;. The van der Waals surface area contributed by atoms with E-state index in [9.17, 15) is 60.7 Å². The summed E-state index contributed by atoms with van der Waals surface area (Å²) in [6.07, 6.45) is 8.76. The minimum absolute atomic E-state index is 0. The van der Waals surface area contributed by atoms with Crippen molar-refractivity contribution in [2.45, 2.75) is 260 Å². The van der Waals surface area contributed by atoms with Gasteiger partial charge in [0.1, 0.15) is 28.6 Å². The number of aromatic nitrogens is 12. The molecule has 0 spiro atoms.